The van der Waals surface area contributed by atoms with Crippen molar-refractivity contribution in [3.8, 4) is 5.40 Å². The Hall–Kier alpha value is -0.0631. The highest BCUT2D eigenvalue weighted by molar-refractivity contribution is 8.03. The quantitative estimate of drug-likeness (QED) is 0.180. The van der Waals surface area contributed by atoms with Crippen LogP contribution in [0.3, 0.4) is 0 Å². The van der Waals surface area contributed by atoms with E-state index in [1.165, 1.54) is 43.9 Å². The van der Waals surface area contributed by atoms with E-state index in [9.17, 15) is 0 Å². The van der Waals surface area contributed by atoms with Gasteiger partial charge in [0.2, 0.25) is 0 Å². The van der Waals surface area contributed by atoms with Gasteiger partial charge in [0.15, 0.2) is 0 Å². The Morgan fingerprint density at radius 1 is 0.720 bits per heavy atom. The molecular formula is C19H39NO3SSi. The lowest BCUT2D eigenvalue weighted by atomic mass is 10.1. The van der Waals surface area contributed by atoms with Crippen LogP contribution in [0.2, 0.25) is 6.04 Å². The van der Waals surface area contributed by atoms with Crippen molar-refractivity contribution in [3.05, 3.63) is 0 Å². The average Bonchev–Trinajstić information content (AvgIpc) is 2.47. The van der Waals surface area contributed by atoms with Crippen LogP contribution in [0.4, 0.5) is 0 Å². The van der Waals surface area contributed by atoms with Crippen molar-refractivity contribution in [1.29, 1.82) is 5.26 Å². The van der Waals surface area contributed by atoms with Crippen LogP contribution in [0.5, 0.6) is 0 Å². The molecule has 0 amide bonds. The third-order valence-corrected chi connectivity index (χ3v) is 7.62. The summed E-state index contributed by atoms with van der Waals surface area (Å²) in [5, 5.41) is 10.6. The Morgan fingerprint density at radius 3 is 1.52 bits per heavy atom. The summed E-state index contributed by atoms with van der Waals surface area (Å²) in [5.74, 6) is 0.968. The van der Waals surface area contributed by atoms with Crippen molar-refractivity contribution in [1.82, 2.24) is 0 Å². The van der Waals surface area contributed by atoms with Crippen molar-refractivity contribution >= 4 is 20.6 Å². The second-order valence-corrected chi connectivity index (χ2v) is 10.8. The van der Waals surface area contributed by atoms with E-state index in [-0.39, 0.29) is 18.3 Å². The summed E-state index contributed by atoms with van der Waals surface area (Å²) < 4.78 is 18.6. The van der Waals surface area contributed by atoms with Gasteiger partial charge in [-0.3, -0.25) is 0 Å². The first kappa shape index (κ1) is 24.9. The van der Waals surface area contributed by atoms with E-state index in [2.05, 4.69) is 46.9 Å². The van der Waals surface area contributed by atoms with Gasteiger partial charge in [-0.25, -0.2) is 0 Å². The summed E-state index contributed by atoms with van der Waals surface area (Å²) in [7, 11) is -2.61. The van der Waals surface area contributed by atoms with Gasteiger partial charge >= 0.3 is 8.80 Å². The van der Waals surface area contributed by atoms with E-state index < -0.39 is 8.80 Å². The number of thiocyanates is 1. The van der Waals surface area contributed by atoms with Crippen molar-refractivity contribution in [3.63, 3.8) is 0 Å². The minimum Gasteiger partial charge on any atom is -0.371 e. The maximum absolute atomic E-state index is 8.48. The third-order valence-electron chi connectivity index (χ3n) is 3.54. The fourth-order valence-electron chi connectivity index (χ4n) is 2.78. The molecule has 0 spiro atoms. The highest BCUT2D eigenvalue weighted by Crippen LogP contribution is 2.25. The summed E-state index contributed by atoms with van der Waals surface area (Å²) in [6.45, 7) is 12.3. The van der Waals surface area contributed by atoms with Gasteiger partial charge in [-0.05, 0) is 66.1 Å². The van der Waals surface area contributed by atoms with Crippen LogP contribution in [-0.4, -0.2) is 32.9 Å². The summed E-state index contributed by atoms with van der Waals surface area (Å²) >= 11 is 1.37. The van der Waals surface area contributed by atoms with Gasteiger partial charge in [-0.1, -0.05) is 32.1 Å². The van der Waals surface area contributed by atoms with E-state index in [1.54, 1.807) is 0 Å². The number of nitriles is 1. The predicted molar refractivity (Wildman–Crippen MR) is 110 cm³/mol. The van der Waals surface area contributed by atoms with Gasteiger partial charge in [-0.15, -0.1) is 0 Å². The molecule has 0 N–H and O–H groups in total. The first-order chi connectivity index (χ1) is 11.8. The topological polar surface area (TPSA) is 51.5 Å². The van der Waals surface area contributed by atoms with Crippen LogP contribution in [0.25, 0.3) is 0 Å². The Balaban J connectivity index is 4.18. The summed E-state index contributed by atoms with van der Waals surface area (Å²) in [5.41, 5.74) is 0. The summed E-state index contributed by atoms with van der Waals surface area (Å²) in [6, 6.07) is 0.903. The minimum atomic E-state index is -2.61. The molecule has 4 nitrogen and oxygen atoms in total. The minimum absolute atomic E-state index is 0.121. The second kappa shape index (κ2) is 15.0. The summed E-state index contributed by atoms with van der Waals surface area (Å²) in [4.78, 5) is 0. The number of hydrogen-bond donors (Lipinski definition) is 0. The van der Waals surface area contributed by atoms with Gasteiger partial charge in [0.25, 0.3) is 0 Å². The molecule has 6 heteroatoms. The molecule has 0 aliphatic rings. The van der Waals surface area contributed by atoms with Crippen molar-refractivity contribution in [2.75, 3.05) is 5.75 Å². The highest BCUT2D eigenvalue weighted by Gasteiger charge is 2.43. The predicted octanol–water partition coefficient (Wildman–Crippen LogP) is 6.15. The van der Waals surface area contributed by atoms with Gasteiger partial charge in [0, 0.05) is 30.1 Å². The van der Waals surface area contributed by atoms with Crippen molar-refractivity contribution in [2.45, 2.75) is 111 Å². The number of thioether (sulfide) groups is 1. The Bertz CT molecular complexity index is 333. The van der Waals surface area contributed by atoms with Crippen LogP contribution >= 0.6 is 11.8 Å². The van der Waals surface area contributed by atoms with Gasteiger partial charge in [0.1, 0.15) is 5.40 Å². The largest absolute Gasteiger partial charge is 0.501 e. The second-order valence-electron chi connectivity index (χ2n) is 7.35. The number of hydrogen-bond acceptors (Lipinski definition) is 5. The molecule has 0 aromatic rings. The molecule has 0 aromatic heterocycles. The lowest BCUT2D eigenvalue weighted by molar-refractivity contribution is 0.00278. The van der Waals surface area contributed by atoms with Crippen molar-refractivity contribution in [2.24, 2.45) is 0 Å². The molecule has 0 saturated heterocycles. The lowest BCUT2D eigenvalue weighted by Crippen LogP contribution is -2.50. The fraction of sp³-hybridized carbons (Fsp3) is 0.947. The molecule has 0 aliphatic carbocycles. The molecule has 0 atom stereocenters. The van der Waals surface area contributed by atoms with Crippen LogP contribution in [0.1, 0.15) is 86.5 Å². The number of nitrogens with zero attached hydrogens (tertiary/aromatic N) is 1. The molecule has 0 saturated carbocycles. The fourth-order valence-corrected chi connectivity index (χ4v) is 6.58. The lowest BCUT2D eigenvalue weighted by Gasteiger charge is -2.34. The van der Waals surface area contributed by atoms with E-state index in [1.807, 2.05) is 0 Å². The Kier molecular flexibility index (Phi) is 15.0. The first-order valence-electron chi connectivity index (χ1n) is 9.85. The molecule has 0 radical (unpaired) electrons. The zero-order valence-electron chi connectivity index (χ0n) is 17.2. The standard InChI is InChI=1S/C19H39NO3SSi/c1-17(2)21-25(22-18(3)4,23-19(5)6)15-13-11-9-7-8-10-12-14-24-16-20/h17-19H,7-15H2,1-6H3. The molecule has 0 rings (SSSR count). The first-order valence-corrected chi connectivity index (χ1v) is 12.8. The monoisotopic (exact) mass is 389 g/mol. The smallest absolute Gasteiger partial charge is 0.371 e. The van der Waals surface area contributed by atoms with Gasteiger partial charge in [-0.2, -0.15) is 5.26 Å². The van der Waals surface area contributed by atoms with E-state index >= 15 is 0 Å². The zero-order valence-corrected chi connectivity index (χ0v) is 19.0. The van der Waals surface area contributed by atoms with Crippen molar-refractivity contribution < 1.29 is 13.3 Å². The SMILES string of the molecule is CC(C)O[Si](CCCCCCCCCSC#N)(OC(C)C)OC(C)C. The normalized spacial score (nSPS) is 12.3. The van der Waals surface area contributed by atoms with Gasteiger partial charge < -0.3 is 13.3 Å². The van der Waals surface area contributed by atoms with E-state index in [0.29, 0.717) is 0 Å². The Morgan fingerprint density at radius 2 is 1.12 bits per heavy atom. The third kappa shape index (κ3) is 14.8. The van der Waals surface area contributed by atoms with Crippen LogP contribution < -0.4 is 0 Å². The number of rotatable bonds is 16. The zero-order chi connectivity index (χ0) is 19.1. The molecule has 0 bridgehead atoms. The maximum atomic E-state index is 8.48. The number of unbranched alkanes of at least 4 members (excludes halogenated alkanes) is 6. The molecule has 0 heterocycles. The molecule has 25 heavy (non-hydrogen) atoms. The van der Waals surface area contributed by atoms with E-state index in [4.69, 9.17) is 18.5 Å². The van der Waals surface area contributed by atoms with Crippen LogP contribution in [0, 0.1) is 10.7 Å². The molecular weight excluding hydrogens is 350 g/mol. The molecule has 0 aliphatic heterocycles. The molecule has 0 fully saturated rings. The molecule has 0 aromatic carbocycles. The van der Waals surface area contributed by atoms with Crippen LogP contribution in [0.15, 0.2) is 0 Å². The Labute approximate surface area is 161 Å². The van der Waals surface area contributed by atoms with E-state index in [0.717, 1.165) is 24.6 Å². The van der Waals surface area contributed by atoms with Gasteiger partial charge in [0.05, 0.1) is 0 Å². The average molecular weight is 390 g/mol. The maximum Gasteiger partial charge on any atom is 0.501 e. The highest BCUT2D eigenvalue weighted by atomic mass is 32.2. The molecule has 148 valence electrons. The van der Waals surface area contributed by atoms with Crippen LogP contribution in [-0.2, 0) is 13.3 Å². The summed E-state index contributed by atoms with van der Waals surface area (Å²) in [6.07, 6.45) is 8.84. The molecule has 0 unspecified atom stereocenters.